The number of hydrogen-bond acceptors (Lipinski definition) is 3. The summed E-state index contributed by atoms with van der Waals surface area (Å²) in [4.78, 5) is 4.40. The molecule has 21 heavy (non-hydrogen) atoms. The number of pyridine rings is 1. The average Bonchev–Trinajstić information content (AvgIpc) is 2.36. The molecular formula is C15H15F3N2S. The molecular weight excluding hydrogens is 297 g/mol. The zero-order chi connectivity index (χ0) is 15.6. The van der Waals surface area contributed by atoms with Crippen molar-refractivity contribution in [3.8, 4) is 0 Å². The first-order valence-electron chi connectivity index (χ1n) is 6.33. The van der Waals surface area contributed by atoms with E-state index in [-0.39, 0.29) is 11.4 Å². The summed E-state index contributed by atoms with van der Waals surface area (Å²) in [5.74, 6) is 0. The fourth-order valence-corrected chi connectivity index (χ4v) is 3.06. The van der Waals surface area contributed by atoms with Gasteiger partial charge in [0, 0.05) is 17.1 Å². The third-order valence-electron chi connectivity index (χ3n) is 2.87. The smallest absolute Gasteiger partial charge is 0.326 e. The highest BCUT2D eigenvalue weighted by Crippen LogP contribution is 2.39. The Labute approximate surface area is 125 Å². The molecule has 0 aliphatic rings. The summed E-state index contributed by atoms with van der Waals surface area (Å²) < 4.78 is 39.5. The highest BCUT2D eigenvalue weighted by molar-refractivity contribution is 7.99. The van der Waals surface area contributed by atoms with Crippen molar-refractivity contribution < 1.29 is 13.2 Å². The quantitative estimate of drug-likeness (QED) is 0.917. The lowest BCUT2D eigenvalue weighted by molar-refractivity contribution is -0.139. The third kappa shape index (κ3) is 3.98. The molecule has 6 heteroatoms. The molecule has 2 rings (SSSR count). The van der Waals surface area contributed by atoms with E-state index < -0.39 is 11.7 Å². The van der Waals surface area contributed by atoms with Crippen LogP contribution in [0.5, 0.6) is 0 Å². The maximum atomic E-state index is 13.2. The summed E-state index contributed by atoms with van der Waals surface area (Å²) in [6, 6.07) is 7.82. The molecule has 0 spiro atoms. The van der Waals surface area contributed by atoms with Crippen LogP contribution in [0.15, 0.2) is 40.3 Å². The summed E-state index contributed by atoms with van der Waals surface area (Å²) in [5.41, 5.74) is 6.96. The molecule has 0 saturated carbocycles. The molecule has 1 heterocycles. The van der Waals surface area contributed by atoms with Gasteiger partial charge in [-0.05, 0) is 49.2 Å². The van der Waals surface area contributed by atoms with Crippen LogP contribution in [-0.4, -0.2) is 4.98 Å². The predicted molar refractivity (Wildman–Crippen MR) is 77.2 cm³/mol. The Balaban J connectivity index is 2.43. The molecule has 112 valence electrons. The van der Waals surface area contributed by atoms with Gasteiger partial charge in [-0.15, -0.1) is 0 Å². The van der Waals surface area contributed by atoms with Gasteiger partial charge in [-0.3, -0.25) is 0 Å². The van der Waals surface area contributed by atoms with Crippen molar-refractivity contribution in [3.05, 3.63) is 52.7 Å². The number of halogens is 3. The molecule has 0 amide bonds. The number of alkyl halides is 3. The summed E-state index contributed by atoms with van der Waals surface area (Å²) in [5, 5.41) is 0.554. The van der Waals surface area contributed by atoms with Gasteiger partial charge in [0.25, 0.3) is 0 Å². The van der Waals surface area contributed by atoms with Crippen molar-refractivity contribution in [2.24, 2.45) is 5.73 Å². The Morgan fingerprint density at radius 1 is 1.14 bits per heavy atom. The van der Waals surface area contributed by atoms with E-state index in [0.717, 1.165) is 29.1 Å². The Bertz CT molecular complexity index is 634. The first kappa shape index (κ1) is 15.9. The molecule has 0 radical (unpaired) electrons. The van der Waals surface area contributed by atoms with Crippen LogP contribution in [-0.2, 0) is 12.7 Å². The zero-order valence-corrected chi connectivity index (χ0v) is 12.5. The van der Waals surface area contributed by atoms with Gasteiger partial charge in [0.2, 0.25) is 0 Å². The highest BCUT2D eigenvalue weighted by Gasteiger charge is 2.34. The topological polar surface area (TPSA) is 38.9 Å². The SMILES string of the molecule is Cc1cc(C)nc(Sc2ccc(CN)cc2C(F)(F)F)c1. The average molecular weight is 312 g/mol. The van der Waals surface area contributed by atoms with E-state index in [1.165, 1.54) is 6.07 Å². The van der Waals surface area contributed by atoms with Gasteiger partial charge in [-0.1, -0.05) is 17.8 Å². The predicted octanol–water partition coefficient (Wildman–Crippen LogP) is 4.33. The molecule has 2 N–H and O–H groups in total. The fraction of sp³-hybridized carbons (Fsp3) is 0.267. The maximum absolute atomic E-state index is 13.2. The minimum atomic E-state index is -4.41. The highest BCUT2D eigenvalue weighted by atomic mass is 32.2. The molecule has 0 aliphatic carbocycles. The van der Waals surface area contributed by atoms with E-state index in [1.807, 2.05) is 19.9 Å². The van der Waals surface area contributed by atoms with Crippen LogP contribution in [0.1, 0.15) is 22.4 Å². The van der Waals surface area contributed by atoms with E-state index in [1.54, 1.807) is 12.1 Å². The molecule has 0 unspecified atom stereocenters. The molecule has 0 saturated heterocycles. The number of aryl methyl sites for hydroxylation is 2. The second-order valence-corrected chi connectivity index (χ2v) is 5.82. The molecule has 0 bridgehead atoms. The zero-order valence-electron chi connectivity index (χ0n) is 11.7. The van der Waals surface area contributed by atoms with Crippen LogP contribution in [0, 0.1) is 13.8 Å². The third-order valence-corrected chi connectivity index (χ3v) is 3.87. The van der Waals surface area contributed by atoms with E-state index in [4.69, 9.17) is 5.73 Å². The van der Waals surface area contributed by atoms with Gasteiger partial charge >= 0.3 is 6.18 Å². The van der Waals surface area contributed by atoms with Crippen LogP contribution in [0.25, 0.3) is 0 Å². The first-order chi connectivity index (χ1) is 9.79. The number of nitrogens with zero attached hydrogens (tertiary/aromatic N) is 1. The number of nitrogens with two attached hydrogens (primary N) is 1. The first-order valence-corrected chi connectivity index (χ1v) is 7.14. The maximum Gasteiger partial charge on any atom is 0.417 e. The summed E-state index contributed by atoms with van der Waals surface area (Å²) in [7, 11) is 0. The molecule has 1 aromatic carbocycles. The second kappa shape index (κ2) is 6.07. The van der Waals surface area contributed by atoms with Crippen LogP contribution in [0.3, 0.4) is 0 Å². The summed E-state index contributed by atoms with van der Waals surface area (Å²) >= 11 is 1.02. The lowest BCUT2D eigenvalue weighted by Gasteiger charge is -2.14. The van der Waals surface area contributed by atoms with Crippen molar-refractivity contribution in [3.63, 3.8) is 0 Å². The van der Waals surface area contributed by atoms with Crippen molar-refractivity contribution in [2.45, 2.75) is 36.5 Å². The molecule has 2 aromatic rings. The lowest BCUT2D eigenvalue weighted by atomic mass is 10.1. The molecule has 0 aliphatic heterocycles. The van der Waals surface area contributed by atoms with Gasteiger partial charge in [-0.25, -0.2) is 4.98 Å². The minimum absolute atomic E-state index is 0.0792. The Morgan fingerprint density at radius 3 is 2.43 bits per heavy atom. The standard InChI is InChI=1S/C15H15F3N2S/c1-9-5-10(2)20-14(6-9)21-13-4-3-11(8-19)7-12(13)15(16,17)18/h3-7H,8,19H2,1-2H3. The molecule has 2 nitrogen and oxygen atoms in total. The van der Waals surface area contributed by atoms with Crippen LogP contribution in [0.4, 0.5) is 13.2 Å². The fourth-order valence-electron chi connectivity index (χ4n) is 1.98. The summed E-state index contributed by atoms with van der Waals surface area (Å²) in [6.07, 6.45) is -4.41. The minimum Gasteiger partial charge on any atom is -0.326 e. The van der Waals surface area contributed by atoms with Crippen molar-refractivity contribution in [1.82, 2.24) is 4.98 Å². The normalized spacial score (nSPS) is 11.7. The van der Waals surface area contributed by atoms with E-state index in [0.29, 0.717) is 10.6 Å². The van der Waals surface area contributed by atoms with E-state index in [9.17, 15) is 13.2 Å². The molecule has 0 atom stereocenters. The van der Waals surface area contributed by atoms with Gasteiger partial charge in [0.1, 0.15) is 5.03 Å². The number of benzene rings is 1. The van der Waals surface area contributed by atoms with Gasteiger partial charge in [0.05, 0.1) is 5.56 Å². The number of hydrogen-bond donors (Lipinski definition) is 1. The van der Waals surface area contributed by atoms with Crippen LogP contribution < -0.4 is 5.73 Å². The van der Waals surface area contributed by atoms with Gasteiger partial charge < -0.3 is 5.73 Å². The molecule has 0 fully saturated rings. The van der Waals surface area contributed by atoms with E-state index in [2.05, 4.69) is 4.98 Å². The van der Waals surface area contributed by atoms with Crippen LogP contribution >= 0.6 is 11.8 Å². The Hall–Kier alpha value is -1.53. The van der Waals surface area contributed by atoms with Crippen molar-refractivity contribution in [1.29, 1.82) is 0 Å². The van der Waals surface area contributed by atoms with E-state index >= 15 is 0 Å². The summed E-state index contributed by atoms with van der Waals surface area (Å²) in [6.45, 7) is 3.79. The van der Waals surface area contributed by atoms with Crippen molar-refractivity contribution >= 4 is 11.8 Å². The van der Waals surface area contributed by atoms with Crippen LogP contribution in [0.2, 0.25) is 0 Å². The van der Waals surface area contributed by atoms with Gasteiger partial charge in [0.15, 0.2) is 0 Å². The Morgan fingerprint density at radius 2 is 1.86 bits per heavy atom. The Kier molecular flexibility index (Phi) is 4.58. The monoisotopic (exact) mass is 312 g/mol. The lowest BCUT2D eigenvalue weighted by Crippen LogP contribution is -2.09. The molecule has 1 aromatic heterocycles. The second-order valence-electron chi connectivity index (χ2n) is 4.76. The number of aromatic nitrogens is 1. The largest absolute Gasteiger partial charge is 0.417 e. The van der Waals surface area contributed by atoms with Gasteiger partial charge in [-0.2, -0.15) is 13.2 Å². The van der Waals surface area contributed by atoms with Crippen molar-refractivity contribution in [2.75, 3.05) is 0 Å². The number of rotatable bonds is 3.